The van der Waals surface area contributed by atoms with E-state index < -0.39 is 15.1 Å². The first kappa shape index (κ1) is 13.6. The van der Waals surface area contributed by atoms with Crippen LogP contribution in [0, 0.1) is 0 Å². The van der Waals surface area contributed by atoms with Crippen LogP contribution in [0.3, 0.4) is 0 Å². The van der Waals surface area contributed by atoms with E-state index in [1.165, 1.54) is 12.3 Å². The summed E-state index contributed by atoms with van der Waals surface area (Å²) in [5.41, 5.74) is 5.66. The molecule has 0 aliphatic rings. The van der Waals surface area contributed by atoms with E-state index in [4.69, 9.17) is 5.73 Å². The van der Waals surface area contributed by atoms with Crippen LogP contribution in [0.25, 0.3) is 0 Å². The Morgan fingerprint density at radius 3 is 2.71 bits per heavy atom. The maximum atomic E-state index is 11.5. The lowest BCUT2D eigenvalue weighted by Crippen LogP contribution is -2.22. The lowest BCUT2D eigenvalue weighted by Gasteiger charge is -2.03. The molecule has 0 aromatic carbocycles. The van der Waals surface area contributed by atoms with Crippen molar-refractivity contribution in [2.45, 2.75) is 37.6 Å². The monoisotopic (exact) mass is 256 g/mol. The number of aromatic nitrogens is 1. The molecule has 0 saturated carbocycles. The number of amides is 1. The second kappa shape index (κ2) is 5.77. The van der Waals surface area contributed by atoms with Gasteiger partial charge in [-0.1, -0.05) is 19.8 Å². The van der Waals surface area contributed by atoms with Crippen LogP contribution in [0.5, 0.6) is 0 Å². The maximum absolute atomic E-state index is 11.5. The van der Waals surface area contributed by atoms with E-state index in [9.17, 15) is 13.2 Å². The molecule has 6 heteroatoms. The molecule has 94 valence electrons. The van der Waals surface area contributed by atoms with Gasteiger partial charge in [0.05, 0.1) is 0 Å². The van der Waals surface area contributed by atoms with Gasteiger partial charge in [-0.05, 0) is 30.5 Å². The Hall–Kier alpha value is -1.43. The zero-order valence-corrected chi connectivity index (χ0v) is 10.5. The third-order valence-corrected chi connectivity index (χ3v) is 3.71. The van der Waals surface area contributed by atoms with Crippen molar-refractivity contribution in [3.05, 3.63) is 23.9 Å². The van der Waals surface area contributed by atoms with Crippen LogP contribution >= 0.6 is 0 Å². The lowest BCUT2D eigenvalue weighted by atomic mass is 10.1. The molecule has 2 N–H and O–H groups in total. The number of hydrogen-bond donors (Lipinski definition) is 1. The lowest BCUT2D eigenvalue weighted by molar-refractivity contribution is 0.265. The highest BCUT2D eigenvalue weighted by atomic mass is 32.2. The smallest absolute Gasteiger partial charge is 0.340 e. The van der Waals surface area contributed by atoms with Crippen molar-refractivity contribution >= 4 is 15.1 Å². The molecule has 1 heterocycles. The second-order valence-corrected chi connectivity index (χ2v) is 5.61. The number of nitrogens with zero attached hydrogens (tertiary/aromatic N) is 1. The van der Waals surface area contributed by atoms with Gasteiger partial charge in [-0.15, -0.1) is 0 Å². The fourth-order valence-corrected chi connectivity index (χ4v) is 2.15. The predicted octanol–water partition coefficient (Wildman–Crippen LogP) is 1.67. The number of pyridine rings is 1. The van der Waals surface area contributed by atoms with Crippen LogP contribution in [0.15, 0.2) is 23.4 Å². The zero-order chi connectivity index (χ0) is 12.9. The summed E-state index contributed by atoms with van der Waals surface area (Å²) >= 11 is 0. The van der Waals surface area contributed by atoms with E-state index in [-0.39, 0.29) is 5.03 Å². The van der Waals surface area contributed by atoms with Crippen molar-refractivity contribution in [1.82, 2.24) is 4.98 Å². The first-order valence-corrected chi connectivity index (χ1v) is 6.96. The summed E-state index contributed by atoms with van der Waals surface area (Å²) < 4.78 is 23.0. The van der Waals surface area contributed by atoms with Crippen LogP contribution in [0.2, 0.25) is 0 Å². The Morgan fingerprint density at radius 1 is 1.41 bits per heavy atom. The molecule has 1 aromatic heterocycles. The number of unbranched alkanes of at least 4 members (excludes halogenated alkanes) is 2. The molecular formula is C11H16N2O3S. The number of nitrogens with two attached hydrogens (primary N) is 1. The summed E-state index contributed by atoms with van der Waals surface area (Å²) in [6.07, 6.45) is 5.32. The van der Waals surface area contributed by atoms with E-state index in [1.54, 1.807) is 6.07 Å². The number of aryl methyl sites for hydroxylation is 1. The molecule has 0 saturated heterocycles. The minimum absolute atomic E-state index is 0.265. The molecular weight excluding hydrogens is 240 g/mol. The number of rotatable bonds is 5. The van der Waals surface area contributed by atoms with Gasteiger partial charge >= 0.3 is 5.24 Å². The topological polar surface area (TPSA) is 90.1 Å². The normalized spacial score (nSPS) is 11.4. The molecule has 0 radical (unpaired) electrons. The average Bonchev–Trinajstić information content (AvgIpc) is 2.29. The molecule has 0 fully saturated rings. The quantitative estimate of drug-likeness (QED) is 0.811. The molecule has 0 unspecified atom stereocenters. The number of primary amides is 1. The zero-order valence-electron chi connectivity index (χ0n) is 9.72. The summed E-state index contributed by atoms with van der Waals surface area (Å²) in [6.45, 7) is 2.09. The van der Waals surface area contributed by atoms with Crippen molar-refractivity contribution in [3.63, 3.8) is 0 Å². The fourth-order valence-electron chi connectivity index (χ4n) is 1.44. The van der Waals surface area contributed by atoms with Crippen molar-refractivity contribution in [2.75, 3.05) is 0 Å². The Labute approximate surface area is 101 Å². The molecule has 0 spiro atoms. The predicted molar refractivity (Wildman–Crippen MR) is 64.2 cm³/mol. The molecule has 5 nitrogen and oxygen atoms in total. The minimum Gasteiger partial charge on any atom is -0.356 e. The van der Waals surface area contributed by atoms with Crippen molar-refractivity contribution in [2.24, 2.45) is 5.73 Å². The largest absolute Gasteiger partial charge is 0.356 e. The highest BCUT2D eigenvalue weighted by molar-refractivity contribution is 8.05. The Bertz CT molecular complexity index is 497. The van der Waals surface area contributed by atoms with E-state index >= 15 is 0 Å². The van der Waals surface area contributed by atoms with E-state index in [0.717, 1.165) is 31.2 Å². The van der Waals surface area contributed by atoms with Gasteiger partial charge in [0, 0.05) is 6.20 Å². The molecule has 0 aliphatic heterocycles. The fraction of sp³-hybridized carbons (Fsp3) is 0.455. The standard InChI is InChI=1S/C11H16N2O3S/c1-2-3-4-5-9-6-7-13-10(8-9)17(15,16)11(12)14/h6-8H,2-5H2,1H3,(H2,12,14). The Morgan fingerprint density at radius 2 is 2.12 bits per heavy atom. The van der Waals surface area contributed by atoms with Gasteiger partial charge in [0.15, 0.2) is 5.03 Å². The summed E-state index contributed by atoms with van der Waals surface area (Å²) in [7, 11) is -4.10. The van der Waals surface area contributed by atoms with E-state index in [1.807, 2.05) is 0 Å². The van der Waals surface area contributed by atoms with Crippen molar-refractivity contribution in [3.8, 4) is 0 Å². The van der Waals surface area contributed by atoms with Crippen LogP contribution in [-0.2, 0) is 16.3 Å². The average molecular weight is 256 g/mol. The maximum Gasteiger partial charge on any atom is 0.340 e. The van der Waals surface area contributed by atoms with Gasteiger partial charge in [0.25, 0.3) is 9.84 Å². The molecule has 1 amide bonds. The Kier molecular flexibility index (Phi) is 4.62. The molecule has 1 rings (SSSR count). The number of carbonyl (C=O) groups excluding carboxylic acids is 1. The number of sulfone groups is 1. The third-order valence-electron chi connectivity index (χ3n) is 2.41. The van der Waals surface area contributed by atoms with Gasteiger partial charge in [0.1, 0.15) is 0 Å². The minimum atomic E-state index is -4.10. The van der Waals surface area contributed by atoms with Gasteiger partial charge < -0.3 is 5.73 Å². The van der Waals surface area contributed by atoms with Crippen LogP contribution in [0.4, 0.5) is 4.79 Å². The highest BCUT2D eigenvalue weighted by Gasteiger charge is 2.23. The van der Waals surface area contributed by atoms with Gasteiger partial charge in [-0.25, -0.2) is 13.4 Å². The first-order valence-electron chi connectivity index (χ1n) is 5.48. The summed E-state index contributed by atoms with van der Waals surface area (Å²) in [4.78, 5) is 14.5. The van der Waals surface area contributed by atoms with Crippen molar-refractivity contribution < 1.29 is 13.2 Å². The van der Waals surface area contributed by atoms with Gasteiger partial charge in [0.2, 0.25) is 0 Å². The van der Waals surface area contributed by atoms with Crippen molar-refractivity contribution in [1.29, 1.82) is 0 Å². The summed E-state index contributed by atoms with van der Waals surface area (Å²) in [5.74, 6) is 0. The van der Waals surface area contributed by atoms with Crippen LogP contribution < -0.4 is 5.73 Å². The molecule has 0 atom stereocenters. The highest BCUT2D eigenvalue weighted by Crippen LogP contribution is 2.12. The van der Waals surface area contributed by atoms with E-state index in [0.29, 0.717) is 0 Å². The summed E-state index contributed by atoms with van der Waals surface area (Å²) in [6, 6.07) is 3.16. The second-order valence-electron chi connectivity index (χ2n) is 3.78. The van der Waals surface area contributed by atoms with Crippen LogP contribution in [0.1, 0.15) is 31.7 Å². The van der Waals surface area contributed by atoms with Crippen LogP contribution in [-0.4, -0.2) is 18.6 Å². The molecule has 0 aliphatic carbocycles. The first-order chi connectivity index (χ1) is 7.98. The summed E-state index contributed by atoms with van der Waals surface area (Å²) in [5, 5.41) is -1.63. The van der Waals surface area contributed by atoms with E-state index in [2.05, 4.69) is 11.9 Å². The number of carbonyl (C=O) groups is 1. The number of hydrogen-bond acceptors (Lipinski definition) is 4. The molecule has 0 bridgehead atoms. The third kappa shape index (κ3) is 3.52. The Balaban J connectivity index is 2.90. The molecule has 17 heavy (non-hydrogen) atoms. The van der Waals surface area contributed by atoms with Gasteiger partial charge in [-0.2, -0.15) is 0 Å². The SMILES string of the molecule is CCCCCc1ccnc(S(=O)(=O)C(N)=O)c1. The van der Waals surface area contributed by atoms with Gasteiger partial charge in [-0.3, -0.25) is 4.79 Å². The molecule has 1 aromatic rings.